The third-order valence-corrected chi connectivity index (χ3v) is 5.68. The van der Waals surface area contributed by atoms with Crippen LogP contribution in [0.5, 0.6) is 0 Å². The van der Waals surface area contributed by atoms with Crippen molar-refractivity contribution in [3.8, 4) is 5.82 Å². The van der Waals surface area contributed by atoms with E-state index in [4.69, 9.17) is 14.4 Å². The van der Waals surface area contributed by atoms with Crippen molar-refractivity contribution in [2.75, 3.05) is 0 Å². The zero-order valence-corrected chi connectivity index (χ0v) is 17.2. The number of nitrogens with zero attached hydrogens (tertiary/aromatic N) is 3. The predicted molar refractivity (Wildman–Crippen MR) is 122 cm³/mol. The molecule has 0 atom stereocenters. The van der Waals surface area contributed by atoms with Crippen LogP contribution in [0.15, 0.2) is 77.2 Å². The molecule has 0 N–H and O–H groups in total. The Bertz CT molecular complexity index is 1530. The predicted octanol–water partition coefficient (Wildman–Crippen LogP) is 6.77. The first kappa shape index (κ1) is 17.2. The van der Waals surface area contributed by atoms with Crippen LogP contribution in [0, 0.1) is 0 Å². The maximum atomic E-state index is 6.19. The van der Waals surface area contributed by atoms with E-state index < -0.39 is 0 Å². The van der Waals surface area contributed by atoms with Crippen LogP contribution >= 0.6 is 0 Å². The average molecular weight is 391 g/mol. The maximum Gasteiger partial charge on any atom is 0.232 e. The lowest BCUT2D eigenvalue weighted by atomic mass is 9.95. The van der Waals surface area contributed by atoms with Gasteiger partial charge in [0.1, 0.15) is 11.4 Å². The van der Waals surface area contributed by atoms with Crippen molar-refractivity contribution in [3.63, 3.8) is 0 Å². The minimum Gasteiger partial charge on any atom is -0.437 e. The molecule has 0 saturated heterocycles. The fraction of sp³-hybridized carbons (Fsp3) is 0.154. The van der Waals surface area contributed by atoms with Gasteiger partial charge in [-0.05, 0) is 18.2 Å². The monoisotopic (exact) mass is 391 g/mol. The summed E-state index contributed by atoms with van der Waals surface area (Å²) < 4.78 is 8.44. The Morgan fingerprint density at radius 3 is 1.90 bits per heavy atom. The highest BCUT2D eigenvalue weighted by molar-refractivity contribution is 6.13. The molecule has 0 fully saturated rings. The fourth-order valence-corrected chi connectivity index (χ4v) is 4.25. The molecule has 0 unspecified atom stereocenters. The van der Waals surface area contributed by atoms with Crippen LogP contribution in [-0.4, -0.2) is 14.5 Å². The molecule has 0 aliphatic rings. The quantitative estimate of drug-likeness (QED) is 0.311. The first-order valence-corrected chi connectivity index (χ1v) is 10.2. The molecule has 4 heteroatoms. The van der Waals surface area contributed by atoms with Crippen molar-refractivity contribution in [2.45, 2.75) is 26.2 Å². The maximum absolute atomic E-state index is 6.19. The van der Waals surface area contributed by atoms with Crippen molar-refractivity contribution in [3.05, 3.63) is 78.6 Å². The zero-order chi connectivity index (χ0) is 20.5. The normalized spacial score (nSPS) is 12.5. The second-order valence-corrected chi connectivity index (χ2v) is 8.77. The van der Waals surface area contributed by atoms with E-state index in [1.54, 1.807) is 0 Å². The molecule has 3 aromatic heterocycles. The summed E-state index contributed by atoms with van der Waals surface area (Å²) in [6.07, 6.45) is 0. The number of para-hydroxylation sites is 3. The zero-order valence-electron chi connectivity index (χ0n) is 17.2. The van der Waals surface area contributed by atoms with E-state index in [1.165, 1.54) is 10.8 Å². The number of rotatable bonds is 1. The van der Waals surface area contributed by atoms with Crippen molar-refractivity contribution in [2.24, 2.45) is 0 Å². The molecule has 0 radical (unpaired) electrons. The number of hydrogen-bond acceptors (Lipinski definition) is 3. The molecule has 3 aromatic carbocycles. The second-order valence-electron chi connectivity index (χ2n) is 8.77. The van der Waals surface area contributed by atoms with Crippen molar-refractivity contribution in [1.29, 1.82) is 0 Å². The summed E-state index contributed by atoms with van der Waals surface area (Å²) in [5.41, 5.74) is 3.51. The van der Waals surface area contributed by atoms with Gasteiger partial charge in [0.15, 0.2) is 5.82 Å². The molecule has 0 bridgehead atoms. The van der Waals surface area contributed by atoms with Crippen LogP contribution < -0.4 is 0 Å². The van der Waals surface area contributed by atoms with Gasteiger partial charge in [-0.25, -0.2) is 4.98 Å². The molecule has 0 aliphatic carbocycles. The molecule has 30 heavy (non-hydrogen) atoms. The summed E-state index contributed by atoms with van der Waals surface area (Å²) in [6, 6.07) is 25.1. The van der Waals surface area contributed by atoms with Crippen molar-refractivity contribution in [1.82, 2.24) is 14.5 Å². The summed E-state index contributed by atoms with van der Waals surface area (Å²) in [6.45, 7) is 6.39. The summed E-state index contributed by atoms with van der Waals surface area (Å²) >= 11 is 0. The largest absolute Gasteiger partial charge is 0.437 e. The summed E-state index contributed by atoms with van der Waals surface area (Å²) in [5, 5.41) is 4.41. The van der Waals surface area contributed by atoms with E-state index in [0.717, 1.165) is 39.0 Å². The van der Waals surface area contributed by atoms with Crippen molar-refractivity contribution < 1.29 is 4.42 Å². The molecule has 0 aliphatic heterocycles. The molecular formula is C26H21N3O. The molecule has 0 saturated carbocycles. The Morgan fingerprint density at radius 1 is 0.700 bits per heavy atom. The smallest absolute Gasteiger partial charge is 0.232 e. The van der Waals surface area contributed by atoms with Gasteiger partial charge in [0.2, 0.25) is 5.71 Å². The SMILES string of the molecule is CC(C)(C)c1nc(-n2c3ccccc3c3ccccc32)c2c(n1)oc1ccccc12. The number of furan rings is 1. The highest BCUT2D eigenvalue weighted by Crippen LogP contribution is 2.38. The van der Waals surface area contributed by atoms with Gasteiger partial charge in [-0.1, -0.05) is 75.4 Å². The molecule has 0 amide bonds. The van der Waals surface area contributed by atoms with Gasteiger partial charge in [-0.15, -0.1) is 0 Å². The lowest BCUT2D eigenvalue weighted by Gasteiger charge is -2.18. The Balaban J connectivity index is 1.87. The van der Waals surface area contributed by atoms with Crippen LogP contribution in [0.2, 0.25) is 0 Å². The number of hydrogen-bond donors (Lipinski definition) is 0. The first-order valence-electron chi connectivity index (χ1n) is 10.2. The summed E-state index contributed by atoms with van der Waals surface area (Å²) in [5.74, 6) is 1.64. The van der Waals surface area contributed by atoms with E-state index in [-0.39, 0.29) is 5.41 Å². The van der Waals surface area contributed by atoms with Gasteiger partial charge < -0.3 is 4.42 Å². The molecular weight excluding hydrogens is 370 g/mol. The third kappa shape index (κ3) is 2.34. The first-order chi connectivity index (χ1) is 14.5. The molecule has 3 heterocycles. The number of fused-ring (bicyclic) bond motifs is 6. The van der Waals surface area contributed by atoms with Gasteiger partial charge in [-0.3, -0.25) is 4.57 Å². The fourth-order valence-electron chi connectivity index (χ4n) is 4.25. The van der Waals surface area contributed by atoms with Gasteiger partial charge in [0.05, 0.1) is 16.4 Å². The average Bonchev–Trinajstić information content (AvgIpc) is 3.28. The topological polar surface area (TPSA) is 43.9 Å². The van der Waals surface area contributed by atoms with Gasteiger partial charge in [0, 0.05) is 21.6 Å². The molecule has 0 spiro atoms. The summed E-state index contributed by atoms with van der Waals surface area (Å²) in [7, 11) is 0. The Labute approximate surface area is 173 Å². The third-order valence-electron chi connectivity index (χ3n) is 5.68. The number of aromatic nitrogens is 3. The van der Waals surface area contributed by atoms with E-state index in [0.29, 0.717) is 5.71 Å². The molecule has 6 aromatic rings. The van der Waals surface area contributed by atoms with Crippen LogP contribution in [0.1, 0.15) is 26.6 Å². The van der Waals surface area contributed by atoms with Crippen LogP contribution in [0.4, 0.5) is 0 Å². The second kappa shape index (κ2) is 5.92. The highest BCUT2D eigenvalue weighted by Gasteiger charge is 2.25. The molecule has 146 valence electrons. The Morgan fingerprint density at radius 2 is 1.27 bits per heavy atom. The lowest BCUT2D eigenvalue weighted by Crippen LogP contribution is -2.17. The van der Waals surface area contributed by atoms with Crippen molar-refractivity contribution >= 4 is 43.9 Å². The molecule has 4 nitrogen and oxygen atoms in total. The van der Waals surface area contributed by atoms with E-state index in [2.05, 4.69) is 79.9 Å². The molecule has 6 rings (SSSR count). The van der Waals surface area contributed by atoms with Crippen LogP contribution in [-0.2, 0) is 5.41 Å². The van der Waals surface area contributed by atoms with Gasteiger partial charge in [-0.2, -0.15) is 4.98 Å². The highest BCUT2D eigenvalue weighted by atomic mass is 16.3. The van der Waals surface area contributed by atoms with Crippen LogP contribution in [0.3, 0.4) is 0 Å². The minimum atomic E-state index is -0.208. The summed E-state index contributed by atoms with van der Waals surface area (Å²) in [4.78, 5) is 9.95. The minimum absolute atomic E-state index is 0.208. The lowest BCUT2D eigenvalue weighted by molar-refractivity contribution is 0.538. The van der Waals surface area contributed by atoms with E-state index in [1.807, 2.05) is 18.2 Å². The standard InChI is InChI=1S/C26H21N3O/c1-26(2,3)25-27-23(22-18-12-6-9-15-21(18)30-24(22)28-25)29-19-13-7-4-10-16(19)17-11-5-8-14-20(17)29/h4-15H,1-3H3. The Hall–Kier alpha value is -3.66. The van der Waals surface area contributed by atoms with Gasteiger partial charge >= 0.3 is 0 Å². The van der Waals surface area contributed by atoms with E-state index in [9.17, 15) is 0 Å². The van der Waals surface area contributed by atoms with Crippen LogP contribution in [0.25, 0.3) is 49.7 Å². The van der Waals surface area contributed by atoms with Gasteiger partial charge in [0.25, 0.3) is 0 Å². The number of benzene rings is 3. The van der Waals surface area contributed by atoms with E-state index >= 15 is 0 Å². The Kier molecular flexibility index (Phi) is 3.40.